The van der Waals surface area contributed by atoms with Crippen molar-refractivity contribution in [1.82, 2.24) is 4.31 Å². The molecule has 0 fully saturated rings. The lowest BCUT2D eigenvalue weighted by Crippen LogP contribution is -2.35. The van der Waals surface area contributed by atoms with Crippen LogP contribution in [0.5, 0.6) is 5.75 Å². The van der Waals surface area contributed by atoms with Crippen LogP contribution in [0.1, 0.15) is 36.5 Å². The molecule has 2 aromatic carbocycles. The number of aromatic hydroxyl groups is 1. The molecule has 0 aliphatic heterocycles. The average molecular weight is 406 g/mol. The minimum absolute atomic E-state index is 0.101. The first-order chi connectivity index (χ1) is 13.2. The first kappa shape index (κ1) is 21.9. The molecular formula is C20H27N3O4S. The fourth-order valence-electron chi connectivity index (χ4n) is 2.81. The largest absolute Gasteiger partial charge is 0.507 e. The molecular weight excluding hydrogens is 378 g/mol. The van der Waals surface area contributed by atoms with Crippen molar-refractivity contribution >= 4 is 15.9 Å². The molecule has 5 N–H and O–H groups in total. The normalized spacial score (nSPS) is 11.9. The van der Waals surface area contributed by atoms with Gasteiger partial charge in [0.1, 0.15) is 16.5 Å². The Morgan fingerprint density at radius 2 is 1.79 bits per heavy atom. The molecule has 0 unspecified atom stereocenters. The van der Waals surface area contributed by atoms with Crippen molar-refractivity contribution in [3.8, 4) is 5.75 Å². The number of phenols is 1. The predicted octanol–water partition coefficient (Wildman–Crippen LogP) is 2.03. The van der Waals surface area contributed by atoms with Gasteiger partial charge in [-0.1, -0.05) is 38.1 Å². The lowest BCUT2D eigenvalue weighted by Gasteiger charge is -2.22. The summed E-state index contributed by atoms with van der Waals surface area (Å²) in [5.41, 5.74) is 7.81. The van der Waals surface area contributed by atoms with Crippen LogP contribution in [0.25, 0.3) is 0 Å². The number of nitrogen functional groups attached to an aromatic ring is 1. The second-order valence-electron chi connectivity index (χ2n) is 6.87. The minimum atomic E-state index is -4.07. The molecule has 0 amide bonds. The smallest absolute Gasteiger partial charge is 0.246 e. The highest BCUT2D eigenvalue weighted by Crippen LogP contribution is 2.27. The Morgan fingerprint density at radius 3 is 2.32 bits per heavy atom. The van der Waals surface area contributed by atoms with E-state index in [1.54, 1.807) is 0 Å². The summed E-state index contributed by atoms with van der Waals surface area (Å²) in [4.78, 5) is -0.330. The van der Waals surface area contributed by atoms with Gasteiger partial charge in [-0.2, -0.15) is 4.31 Å². The number of phenolic OH excluding ortho intramolecular Hbond substituents is 1. The molecule has 2 rings (SSSR count). The summed E-state index contributed by atoms with van der Waals surface area (Å²) < 4.78 is 27.2. The number of sulfonamides is 1. The van der Waals surface area contributed by atoms with Crippen LogP contribution in [0.2, 0.25) is 0 Å². The van der Waals surface area contributed by atoms with Crippen molar-refractivity contribution in [1.29, 1.82) is 5.41 Å². The van der Waals surface area contributed by atoms with E-state index in [0.717, 1.165) is 9.87 Å². The maximum absolute atomic E-state index is 13.0. The van der Waals surface area contributed by atoms with Gasteiger partial charge in [-0.3, -0.25) is 5.41 Å². The molecule has 0 spiro atoms. The summed E-state index contributed by atoms with van der Waals surface area (Å²) >= 11 is 0. The highest BCUT2D eigenvalue weighted by atomic mass is 32.2. The summed E-state index contributed by atoms with van der Waals surface area (Å²) in [6.45, 7) is 3.90. The summed E-state index contributed by atoms with van der Waals surface area (Å²) in [7, 11) is -4.07. The van der Waals surface area contributed by atoms with Crippen molar-refractivity contribution in [3.05, 3.63) is 59.2 Å². The van der Waals surface area contributed by atoms with Crippen LogP contribution in [-0.2, 0) is 16.4 Å². The van der Waals surface area contributed by atoms with E-state index in [2.05, 4.69) is 13.8 Å². The molecule has 2 aromatic rings. The average Bonchev–Trinajstić information content (AvgIpc) is 2.65. The van der Waals surface area contributed by atoms with Crippen LogP contribution in [0.4, 0.5) is 0 Å². The number of nitrogens with two attached hydrogens (primary N) is 1. The van der Waals surface area contributed by atoms with Gasteiger partial charge in [0.2, 0.25) is 10.0 Å². The van der Waals surface area contributed by atoms with Crippen molar-refractivity contribution < 1.29 is 18.6 Å². The van der Waals surface area contributed by atoms with Crippen molar-refractivity contribution in [2.75, 3.05) is 19.7 Å². The zero-order valence-corrected chi connectivity index (χ0v) is 16.9. The summed E-state index contributed by atoms with van der Waals surface area (Å²) in [5.74, 6) is -0.304. The molecule has 0 aromatic heterocycles. The lowest BCUT2D eigenvalue weighted by atomic mass is 10.0. The molecule has 0 bridgehead atoms. The van der Waals surface area contributed by atoms with Crippen molar-refractivity contribution in [2.45, 2.75) is 31.1 Å². The molecule has 0 atom stereocenters. The van der Waals surface area contributed by atoms with Gasteiger partial charge >= 0.3 is 0 Å². The number of aliphatic hydroxyl groups is 1. The Hall–Kier alpha value is -2.42. The molecule has 152 valence electrons. The Bertz CT molecular complexity index is 925. The van der Waals surface area contributed by atoms with E-state index in [9.17, 15) is 18.6 Å². The van der Waals surface area contributed by atoms with Crippen molar-refractivity contribution in [3.63, 3.8) is 0 Å². The number of benzene rings is 2. The predicted molar refractivity (Wildman–Crippen MR) is 109 cm³/mol. The maximum atomic E-state index is 13.0. The lowest BCUT2D eigenvalue weighted by molar-refractivity contribution is 0.254. The van der Waals surface area contributed by atoms with E-state index in [1.807, 2.05) is 24.3 Å². The standard InChI is InChI=1S/C20H27N3O4S/c1-14(2)16-5-3-15(4-6-16)9-10-23(11-12-24)28(26,27)19-13-17(20(21)22)7-8-18(19)25/h3-8,13-14,24-25H,9-12H2,1-2H3,(H3,21,22). The number of aliphatic hydroxyl groups excluding tert-OH is 1. The first-order valence-corrected chi connectivity index (χ1v) is 10.5. The third kappa shape index (κ3) is 5.09. The van der Waals surface area contributed by atoms with E-state index in [0.29, 0.717) is 12.3 Å². The quantitative estimate of drug-likeness (QED) is 0.375. The first-order valence-electron chi connectivity index (χ1n) is 9.04. The van der Waals surface area contributed by atoms with Crippen LogP contribution in [0.3, 0.4) is 0 Å². The van der Waals surface area contributed by atoms with Gasteiger partial charge in [0.25, 0.3) is 0 Å². The fraction of sp³-hybridized carbons (Fsp3) is 0.350. The van der Waals surface area contributed by atoms with Crippen LogP contribution in [0, 0.1) is 5.41 Å². The van der Waals surface area contributed by atoms with Gasteiger partial charge in [0.15, 0.2) is 0 Å². The van der Waals surface area contributed by atoms with Crippen LogP contribution in [0.15, 0.2) is 47.4 Å². The molecule has 7 nitrogen and oxygen atoms in total. The SMILES string of the molecule is CC(C)c1ccc(CCN(CCO)S(=O)(=O)c2cc(C(=N)N)ccc2O)cc1. The Labute approximate surface area is 166 Å². The van der Waals surface area contributed by atoms with Gasteiger partial charge in [0.05, 0.1) is 6.61 Å². The van der Waals surface area contributed by atoms with E-state index in [1.165, 1.54) is 23.8 Å². The summed E-state index contributed by atoms with van der Waals surface area (Å²) in [6, 6.07) is 11.7. The number of hydrogen-bond donors (Lipinski definition) is 4. The van der Waals surface area contributed by atoms with Crippen LogP contribution >= 0.6 is 0 Å². The van der Waals surface area contributed by atoms with Crippen LogP contribution in [-0.4, -0.2) is 48.5 Å². The van der Waals surface area contributed by atoms with Gasteiger partial charge in [-0.15, -0.1) is 0 Å². The molecule has 0 aliphatic carbocycles. The van der Waals surface area contributed by atoms with Gasteiger partial charge in [-0.25, -0.2) is 8.42 Å². The second kappa shape index (κ2) is 9.18. The zero-order valence-electron chi connectivity index (χ0n) is 16.1. The van der Waals surface area contributed by atoms with Crippen molar-refractivity contribution in [2.24, 2.45) is 5.73 Å². The Morgan fingerprint density at radius 1 is 1.14 bits per heavy atom. The minimum Gasteiger partial charge on any atom is -0.507 e. The number of hydrogen-bond acceptors (Lipinski definition) is 5. The van der Waals surface area contributed by atoms with Gasteiger partial charge < -0.3 is 15.9 Å². The van der Waals surface area contributed by atoms with Gasteiger partial charge in [0, 0.05) is 18.7 Å². The molecule has 0 radical (unpaired) electrons. The number of rotatable bonds is 9. The third-order valence-corrected chi connectivity index (χ3v) is 6.46. The van der Waals surface area contributed by atoms with Crippen LogP contribution < -0.4 is 5.73 Å². The molecule has 8 heteroatoms. The molecule has 0 aliphatic rings. The van der Waals surface area contributed by atoms with E-state index in [-0.39, 0.29) is 36.0 Å². The Balaban J connectivity index is 2.26. The Kier molecular flexibility index (Phi) is 7.17. The summed E-state index contributed by atoms with van der Waals surface area (Å²) in [6.07, 6.45) is 0.463. The fourth-order valence-corrected chi connectivity index (χ4v) is 4.35. The second-order valence-corrected chi connectivity index (χ2v) is 8.78. The molecule has 0 saturated heterocycles. The molecule has 28 heavy (non-hydrogen) atoms. The maximum Gasteiger partial charge on any atom is 0.246 e. The van der Waals surface area contributed by atoms with E-state index in [4.69, 9.17) is 11.1 Å². The topological polar surface area (TPSA) is 128 Å². The number of nitrogens with one attached hydrogen (secondary N) is 1. The zero-order chi connectivity index (χ0) is 20.9. The number of amidine groups is 1. The van der Waals surface area contributed by atoms with E-state index >= 15 is 0 Å². The van der Waals surface area contributed by atoms with E-state index < -0.39 is 15.8 Å². The highest BCUT2D eigenvalue weighted by Gasteiger charge is 2.27. The summed E-state index contributed by atoms with van der Waals surface area (Å²) in [5, 5.41) is 26.9. The molecule has 0 heterocycles. The molecule has 0 saturated carbocycles. The number of nitrogens with zero attached hydrogens (tertiary/aromatic N) is 1. The third-order valence-electron chi connectivity index (χ3n) is 4.53. The van der Waals surface area contributed by atoms with Gasteiger partial charge in [-0.05, 0) is 41.7 Å². The monoisotopic (exact) mass is 405 g/mol. The highest BCUT2D eigenvalue weighted by molar-refractivity contribution is 7.89.